The van der Waals surface area contributed by atoms with Crippen LogP contribution in [0.25, 0.3) is 0 Å². The van der Waals surface area contributed by atoms with Crippen molar-refractivity contribution in [2.45, 2.75) is 45.6 Å². The Labute approximate surface area is 194 Å². The van der Waals surface area contributed by atoms with Crippen molar-refractivity contribution < 1.29 is 14.4 Å². The lowest BCUT2D eigenvalue weighted by Gasteiger charge is -2.39. The average Bonchev–Trinajstić information content (AvgIpc) is 3.26. The first-order valence-corrected chi connectivity index (χ1v) is 12.2. The first-order chi connectivity index (χ1) is 15.4. The number of Topliss-reactive ketones (excluding diaryl/α,β-unsaturated/α-hetero) is 2. The van der Waals surface area contributed by atoms with Crippen LogP contribution in [-0.2, 0) is 9.59 Å². The van der Waals surface area contributed by atoms with Crippen molar-refractivity contribution in [2.75, 3.05) is 37.6 Å². The molecule has 1 N–H and O–H groups in total. The van der Waals surface area contributed by atoms with Gasteiger partial charge in [0.2, 0.25) is 5.91 Å². The van der Waals surface area contributed by atoms with E-state index in [9.17, 15) is 14.4 Å². The van der Waals surface area contributed by atoms with Gasteiger partial charge in [0.25, 0.3) is 0 Å². The molecule has 1 atom stereocenters. The van der Waals surface area contributed by atoms with Crippen LogP contribution in [-0.4, -0.2) is 61.1 Å². The Hall–Kier alpha value is -2.51. The van der Waals surface area contributed by atoms with E-state index < -0.39 is 0 Å². The van der Waals surface area contributed by atoms with Gasteiger partial charge in [0.1, 0.15) is 5.78 Å². The van der Waals surface area contributed by atoms with Crippen LogP contribution < -0.4 is 10.2 Å². The molecule has 1 aliphatic heterocycles. The number of carbonyl (C=O) groups is 3. The van der Waals surface area contributed by atoms with Gasteiger partial charge in [0.15, 0.2) is 5.78 Å². The van der Waals surface area contributed by atoms with Crippen molar-refractivity contribution in [3.05, 3.63) is 52.2 Å². The number of ketones is 2. The number of hydrogen-bond donors (Lipinski definition) is 1. The minimum atomic E-state index is -0.103. The second kappa shape index (κ2) is 11.9. The molecule has 0 radical (unpaired) electrons. The van der Waals surface area contributed by atoms with Crippen LogP contribution in [0.5, 0.6) is 0 Å². The predicted molar refractivity (Wildman–Crippen MR) is 130 cm³/mol. The van der Waals surface area contributed by atoms with Crippen molar-refractivity contribution >= 4 is 34.5 Å². The quantitative estimate of drug-likeness (QED) is 0.523. The number of rotatable bonds is 11. The van der Waals surface area contributed by atoms with E-state index in [4.69, 9.17) is 0 Å². The van der Waals surface area contributed by atoms with Gasteiger partial charge in [-0.05, 0) is 38.1 Å². The molecule has 6 nitrogen and oxygen atoms in total. The van der Waals surface area contributed by atoms with Crippen LogP contribution in [0.2, 0.25) is 0 Å². The van der Waals surface area contributed by atoms with Gasteiger partial charge in [-0.1, -0.05) is 18.2 Å². The summed E-state index contributed by atoms with van der Waals surface area (Å²) in [7, 11) is 0. The summed E-state index contributed by atoms with van der Waals surface area (Å²) < 4.78 is 0. The molecule has 7 heteroatoms. The smallest absolute Gasteiger partial charge is 0.220 e. The third-order valence-electron chi connectivity index (χ3n) is 5.93. The van der Waals surface area contributed by atoms with Gasteiger partial charge < -0.3 is 10.2 Å². The Kier molecular flexibility index (Phi) is 9.00. The number of nitrogens with one attached hydrogen (secondary N) is 1. The molecule has 2 heterocycles. The van der Waals surface area contributed by atoms with Crippen LogP contribution in [0.3, 0.4) is 0 Å². The number of carbonyl (C=O) groups excluding carboxylic acids is 3. The SMILES string of the molecule is Cc1ccc(C(=O)CCC(=O)CCC(=O)NCC(C)N2CCN(c3ccccc3)CC2)s1. The second-order valence-electron chi connectivity index (χ2n) is 8.38. The lowest BCUT2D eigenvalue weighted by molar-refractivity contribution is -0.125. The van der Waals surface area contributed by atoms with Gasteiger partial charge in [-0.25, -0.2) is 0 Å². The normalized spacial score (nSPS) is 15.4. The predicted octanol–water partition coefficient (Wildman–Crippen LogP) is 3.70. The Bertz CT molecular complexity index is 904. The van der Waals surface area contributed by atoms with E-state index in [-0.39, 0.29) is 49.2 Å². The number of piperazine rings is 1. The fourth-order valence-corrected chi connectivity index (χ4v) is 4.71. The second-order valence-corrected chi connectivity index (χ2v) is 9.67. The van der Waals surface area contributed by atoms with Crippen molar-refractivity contribution in [1.29, 1.82) is 0 Å². The van der Waals surface area contributed by atoms with E-state index in [0.29, 0.717) is 11.4 Å². The topological polar surface area (TPSA) is 69.7 Å². The van der Waals surface area contributed by atoms with Gasteiger partial charge in [0, 0.05) is 75.0 Å². The van der Waals surface area contributed by atoms with Crippen LogP contribution >= 0.6 is 11.3 Å². The molecule has 2 aromatic rings. The number of hydrogen-bond acceptors (Lipinski definition) is 6. The molecule has 0 aliphatic carbocycles. The summed E-state index contributed by atoms with van der Waals surface area (Å²) in [5.41, 5.74) is 1.25. The van der Waals surface area contributed by atoms with E-state index in [1.54, 1.807) is 0 Å². The van der Waals surface area contributed by atoms with Gasteiger partial charge in [-0.15, -0.1) is 11.3 Å². The zero-order chi connectivity index (χ0) is 22.9. The summed E-state index contributed by atoms with van der Waals surface area (Å²) in [6.45, 7) is 8.53. The lowest BCUT2D eigenvalue weighted by Crippen LogP contribution is -2.52. The highest BCUT2D eigenvalue weighted by Crippen LogP contribution is 2.18. The molecule has 1 aromatic carbocycles. The molecule has 0 saturated carbocycles. The first kappa shape index (κ1) is 24.1. The number of aryl methyl sites for hydroxylation is 1. The van der Waals surface area contributed by atoms with Crippen LogP contribution in [0.1, 0.15) is 47.2 Å². The lowest BCUT2D eigenvalue weighted by atomic mass is 10.1. The maximum Gasteiger partial charge on any atom is 0.220 e. The highest BCUT2D eigenvalue weighted by molar-refractivity contribution is 7.14. The van der Waals surface area contributed by atoms with Crippen LogP contribution in [0, 0.1) is 6.92 Å². The molecule has 1 aliphatic rings. The summed E-state index contributed by atoms with van der Waals surface area (Å²) in [6.07, 6.45) is 0.782. The number of benzene rings is 1. The zero-order valence-corrected chi connectivity index (χ0v) is 19.8. The van der Waals surface area contributed by atoms with E-state index >= 15 is 0 Å². The minimum absolute atomic E-state index is 0.00193. The largest absolute Gasteiger partial charge is 0.369 e. The zero-order valence-electron chi connectivity index (χ0n) is 19.0. The van der Waals surface area contributed by atoms with Crippen molar-refractivity contribution in [3.63, 3.8) is 0 Å². The molecule has 0 spiro atoms. The number of thiophene rings is 1. The first-order valence-electron chi connectivity index (χ1n) is 11.3. The van der Waals surface area contributed by atoms with Crippen molar-refractivity contribution in [2.24, 2.45) is 0 Å². The molecule has 1 fully saturated rings. The molecule has 1 unspecified atom stereocenters. The van der Waals surface area contributed by atoms with E-state index in [0.717, 1.165) is 31.1 Å². The van der Waals surface area contributed by atoms with Gasteiger partial charge >= 0.3 is 0 Å². The van der Waals surface area contributed by atoms with Gasteiger partial charge in [-0.3, -0.25) is 19.3 Å². The molecule has 172 valence electrons. The summed E-state index contributed by atoms with van der Waals surface area (Å²) >= 11 is 1.45. The average molecular weight is 456 g/mol. The third-order valence-corrected chi connectivity index (χ3v) is 6.97. The number of para-hydroxylation sites is 1. The minimum Gasteiger partial charge on any atom is -0.369 e. The molecular formula is C25H33N3O3S. The third kappa shape index (κ3) is 7.28. The Morgan fingerprint density at radius 1 is 0.938 bits per heavy atom. The molecule has 3 rings (SSSR count). The van der Waals surface area contributed by atoms with Gasteiger partial charge in [-0.2, -0.15) is 0 Å². The summed E-state index contributed by atoms with van der Waals surface area (Å²) in [4.78, 5) is 42.9. The monoisotopic (exact) mass is 455 g/mol. The van der Waals surface area contributed by atoms with Crippen molar-refractivity contribution in [3.8, 4) is 0 Å². The summed E-state index contributed by atoms with van der Waals surface area (Å²) in [5.74, 6) is -0.137. The maximum atomic E-state index is 12.2. The Morgan fingerprint density at radius 2 is 1.62 bits per heavy atom. The molecular weight excluding hydrogens is 422 g/mol. The highest BCUT2D eigenvalue weighted by Gasteiger charge is 2.21. The molecule has 1 saturated heterocycles. The standard InChI is InChI=1S/C25H33N3O3S/c1-19(27-14-16-28(17-15-27)21-6-4-3-5-7-21)18-26-25(31)13-10-22(29)9-11-23(30)24-12-8-20(2)32-24/h3-8,12,19H,9-11,13-18H2,1-2H3,(H,26,31). The molecule has 0 bridgehead atoms. The molecule has 1 amide bonds. The number of nitrogens with zero attached hydrogens (tertiary/aromatic N) is 2. The van der Waals surface area contributed by atoms with E-state index in [1.165, 1.54) is 17.0 Å². The van der Waals surface area contributed by atoms with Gasteiger partial charge in [0.05, 0.1) is 4.88 Å². The van der Waals surface area contributed by atoms with E-state index in [1.807, 2.05) is 25.1 Å². The molecule has 1 aromatic heterocycles. The number of anilines is 1. The van der Waals surface area contributed by atoms with E-state index in [2.05, 4.69) is 46.3 Å². The van der Waals surface area contributed by atoms with Crippen molar-refractivity contribution in [1.82, 2.24) is 10.2 Å². The maximum absolute atomic E-state index is 12.2. The highest BCUT2D eigenvalue weighted by atomic mass is 32.1. The summed E-state index contributed by atoms with van der Waals surface area (Å²) in [6, 6.07) is 14.4. The Balaban J connectivity index is 1.29. The summed E-state index contributed by atoms with van der Waals surface area (Å²) in [5, 5.41) is 2.96. The Morgan fingerprint density at radius 3 is 2.28 bits per heavy atom. The fourth-order valence-electron chi connectivity index (χ4n) is 3.88. The fraction of sp³-hybridized carbons (Fsp3) is 0.480. The van der Waals surface area contributed by atoms with Crippen LogP contribution in [0.4, 0.5) is 5.69 Å². The molecule has 32 heavy (non-hydrogen) atoms. The van der Waals surface area contributed by atoms with Crippen LogP contribution in [0.15, 0.2) is 42.5 Å². The number of amides is 1.